The Bertz CT molecular complexity index is 2370. The van der Waals surface area contributed by atoms with Crippen molar-refractivity contribution < 1.29 is 27.5 Å². The molecule has 4 N–H and O–H groups in total. The lowest BCUT2D eigenvalue weighted by atomic mass is 10.1. The third kappa shape index (κ3) is 6.23. The van der Waals surface area contributed by atoms with Gasteiger partial charge in [0.2, 0.25) is 11.7 Å². The second-order valence-electron chi connectivity index (χ2n) is 12.4. The second-order valence-corrected chi connectivity index (χ2v) is 14.6. The molecule has 2 heterocycles. The van der Waals surface area contributed by atoms with Gasteiger partial charge >= 0.3 is 0 Å². The molecule has 12 heteroatoms. The number of carbonyl (C=O) groups is 2. The molecular formula is C37H33ClN4O6S. The van der Waals surface area contributed by atoms with Gasteiger partial charge in [-0.3, -0.25) is 15.0 Å². The van der Waals surface area contributed by atoms with Crippen LogP contribution in [0.15, 0.2) is 95.5 Å². The van der Waals surface area contributed by atoms with E-state index in [-0.39, 0.29) is 27.3 Å². The number of aromatic nitrogens is 1. The van der Waals surface area contributed by atoms with Crippen molar-refractivity contribution in [3.63, 3.8) is 0 Å². The lowest BCUT2D eigenvalue weighted by Crippen LogP contribution is -2.35. The number of nitrogens with zero attached hydrogens (tertiary/aromatic N) is 1. The van der Waals surface area contributed by atoms with Gasteiger partial charge in [-0.25, -0.2) is 12.4 Å². The summed E-state index contributed by atoms with van der Waals surface area (Å²) in [4.78, 5) is 26.3. The van der Waals surface area contributed by atoms with Crippen molar-refractivity contribution in [2.45, 2.75) is 38.5 Å². The van der Waals surface area contributed by atoms with Crippen LogP contribution < -0.4 is 26.1 Å². The van der Waals surface area contributed by atoms with Gasteiger partial charge in [0, 0.05) is 45.9 Å². The SMILES string of the molecule is Cc1cc(C)c(S(=O)(=O)n2cc(C(=O)COc3cc4ccc(Cl)cc4cc3C(N)=O)c3ccc(OC4=CC=C(C5CC5)NN4)cc32)c(C)c1. The molecule has 0 unspecified atom stereocenters. The Morgan fingerprint density at radius 3 is 2.35 bits per heavy atom. The highest BCUT2D eigenvalue weighted by Gasteiger charge is 2.29. The molecule has 0 bridgehead atoms. The van der Waals surface area contributed by atoms with Crippen molar-refractivity contribution in [3.05, 3.63) is 123 Å². The van der Waals surface area contributed by atoms with Gasteiger partial charge in [0.15, 0.2) is 6.61 Å². The predicted molar refractivity (Wildman–Crippen MR) is 188 cm³/mol. The number of nitrogens with one attached hydrogen (secondary N) is 2. The van der Waals surface area contributed by atoms with E-state index in [0.29, 0.717) is 44.5 Å². The van der Waals surface area contributed by atoms with E-state index in [1.807, 2.05) is 31.2 Å². The minimum atomic E-state index is -4.18. The van der Waals surface area contributed by atoms with E-state index in [4.69, 9.17) is 26.8 Å². The Labute approximate surface area is 288 Å². The van der Waals surface area contributed by atoms with Crippen molar-refractivity contribution in [2.24, 2.45) is 11.7 Å². The highest BCUT2D eigenvalue weighted by atomic mass is 35.5. The number of ether oxygens (including phenoxy) is 2. The van der Waals surface area contributed by atoms with E-state index in [2.05, 4.69) is 10.9 Å². The Morgan fingerprint density at radius 1 is 0.918 bits per heavy atom. The molecule has 0 atom stereocenters. The lowest BCUT2D eigenvalue weighted by Gasteiger charge is -2.19. The average Bonchev–Trinajstić information content (AvgIpc) is 3.82. The molecule has 1 amide bonds. The number of hydrogen-bond donors (Lipinski definition) is 3. The van der Waals surface area contributed by atoms with E-state index in [0.717, 1.165) is 33.5 Å². The van der Waals surface area contributed by atoms with Crippen molar-refractivity contribution in [2.75, 3.05) is 6.61 Å². The standard InChI is InChI=1S/C37H33ClN4O6S/c1-20-12-21(2)36(22(3)13-20)49(45,46)42-18-30(28-9-8-27(17-32(28)42)48-35-11-10-31(40-41-35)23-4-5-23)33(43)19-47-34-16-24-6-7-26(38)14-25(24)15-29(34)37(39)44/h6-18,23,40-41H,4-5,19H2,1-3H3,(H2,39,44). The number of aryl methyl sites for hydroxylation is 3. The molecule has 0 saturated heterocycles. The van der Waals surface area contributed by atoms with E-state index in [1.54, 1.807) is 62.4 Å². The minimum absolute atomic E-state index is 0.0823. The van der Waals surface area contributed by atoms with Gasteiger partial charge in [0.1, 0.15) is 11.5 Å². The molecule has 10 nitrogen and oxygen atoms in total. The van der Waals surface area contributed by atoms with Crippen LogP contribution in [0.5, 0.6) is 11.5 Å². The summed E-state index contributed by atoms with van der Waals surface area (Å²) in [7, 11) is -4.18. The molecular weight excluding hydrogens is 664 g/mol. The van der Waals surface area contributed by atoms with Crippen molar-refractivity contribution in [1.29, 1.82) is 0 Å². The number of hydrazine groups is 1. The molecule has 1 saturated carbocycles. The number of nitrogens with two attached hydrogens (primary N) is 1. The number of rotatable bonds is 10. The summed E-state index contributed by atoms with van der Waals surface area (Å²) >= 11 is 6.13. The van der Waals surface area contributed by atoms with Crippen molar-refractivity contribution in [3.8, 4) is 11.5 Å². The smallest absolute Gasteiger partial charge is 0.268 e. The number of halogens is 1. The minimum Gasteiger partial charge on any atom is -0.485 e. The van der Waals surface area contributed by atoms with Crippen LogP contribution in [0.25, 0.3) is 21.7 Å². The summed E-state index contributed by atoms with van der Waals surface area (Å²) in [6.45, 7) is 4.91. The molecule has 1 aromatic heterocycles. The zero-order valence-electron chi connectivity index (χ0n) is 27.0. The molecule has 0 radical (unpaired) electrons. The molecule has 7 rings (SSSR count). The number of allylic oxidation sites excluding steroid dienone is 3. The Kier molecular flexibility index (Phi) is 8.12. The number of carbonyl (C=O) groups excluding carboxylic acids is 2. The summed E-state index contributed by atoms with van der Waals surface area (Å²) in [5, 5.41) is 2.29. The van der Waals surface area contributed by atoms with E-state index in [9.17, 15) is 18.0 Å². The number of ketones is 1. The van der Waals surface area contributed by atoms with Crippen LogP contribution in [0.3, 0.4) is 0 Å². The van der Waals surface area contributed by atoms with Gasteiger partial charge in [-0.15, -0.1) is 0 Å². The maximum absolute atomic E-state index is 14.4. The van der Waals surface area contributed by atoms with Gasteiger partial charge < -0.3 is 20.6 Å². The zero-order valence-corrected chi connectivity index (χ0v) is 28.5. The molecule has 1 fully saturated rings. The first kappa shape index (κ1) is 32.3. The van der Waals surface area contributed by atoms with Crippen LogP contribution in [0, 0.1) is 26.7 Å². The maximum Gasteiger partial charge on any atom is 0.268 e. The highest BCUT2D eigenvalue weighted by Crippen LogP contribution is 2.36. The Morgan fingerprint density at radius 2 is 1.67 bits per heavy atom. The second kappa shape index (κ2) is 12.3. The maximum atomic E-state index is 14.4. The number of fused-ring (bicyclic) bond motifs is 2. The first-order chi connectivity index (χ1) is 23.4. The van der Waals surface area contributed by atoms with E-state index in [1.165, 1.54) is 6.20 Å². The summed E-state index contributed by atoms with van der Waals surface area (Å²) in [5.74, 6) is 0.194. The van der Waals surface area contributed by atoms with Gasteiger partial charge in [0.25, 0.3) is 15.9 Å². The van der Waals surface area contributed by atoms with Crippen LogP contribution in [0.1, 0.15) is 50.2 Å². The van der Waals surface area contributed by atoms with Crippen LogP contribution in [0.2, 0.25) is 5.02 Å². The molecule has 2 aliphatic rings. The van der Waals surface area contributed by atoms with Gasteiger partial charge in [-0.05, 0) is 98.0 Å². The summed E-state index contributed by atoms with van der Waals surface area (Å²) in [6, 6.07) is 16.9. The average molecular weight is 697 g/mol. The summed E-state index contributed by atoms with van der Waals surface area (Å²) in [6.07, 6.45) is 7.38. The quantitative estimate of drug-likeness (QED) is 0.139. The van der Waals surface area contributed by atoms with Crippen LogP contribution >= 0.6 is 11.6 Å². The fourth-order valence-electron chi connectivity index (χ4n) is 6.32. The molecule has 1 aliphatic carbocycles. The molecule has 1 aliphatic heterocycles. The molecule has 4 aromatic carbocycles. The van der Waals surface area contributed by atoms with Crippen molar-refractivity contribution in [1.82, 2.24) is 14.8 Å². The topological polar surface area (TPSA) is 142 Å². The summed E-state index contributed by atoms with van der Waals surface area (Å²) in [5.41, 5.74) is 15.5. The van der Waals surface area contributed by atoms with Crippen LogP contribution in [-0.2, 0) is 10.0 Å². The number of primary amides is 1. The zero-order chi connectivity index (χ0) is 34.6. The van der Waals surface area contributed by atoms with Crippen molar-refractivity contribution >= 4 is 55.0 Å². The largest absolute Gasteiger partial charge is 0.485 e. The normalized spacial score (nSPS) is 14.5. The monoisotopic (exact) mass is 696 g/mol. The predicted octanol–water partition coefficient (Wildman–Crippen LogP) is 6.59. The van der Waals surface area contributed by atoms with Gasteiger partial charge in [-0.2, -0.15) is 0 Å². The van der Waals surface area contributed by atoms with Crippen LogP contribution in [-0.4, -0.2) is 30.7 Å². The number of amides is 1. The third-order valence-corrected chi connectivity index (χ3v) is 10.9. The number of benzene rings is 4. The number of Topliss-reactive ketones (excluding diaryl/α,β-unsaturated/α-hetero) is 1. The van der Waals surface area contributed by atoms with E-state index < -0.39 is 28.3 Å². The highest BCUT2D eigenvalue weighted by molar-refractivity contribution is 7.90. The molecule has 250 valence electrons. The Balaban J connectivity index is 1.27. The fraction of sp³-hybridized carbons (Fsp3) is 0.189. The first-order valence-corrected chi connectivity index (χ1v) is 17.5. The fourth-order valence-corrected chi connectivity index (χ4v) is 8.28. The van der Waals surface area contributed by atoms with Crippen LogP contribution in [0.4, 0.5) is 0 Å². The molecule has 0 spiro atoms. The van der Waals surface area contributed by atoms with E-state index >= 15 is 0 Å². The number of hydrogen-bond acceptors (Lipinski definition) is 8. The third-order valence-electron chi connectivity index (χ3n) is 8.68. The first-order valence-electron chi connectivity index (χ1n) is 15.7. The summed E-state index contributed by atoms with van der Waals surface area (Å²) < 4.78 is 41.8. The van der Waals surface area contributed by atoms with Gasteiger partial charge in [-0.1, -0.05) is 35.4 Å². The molecule has 49 heavy (non-hydrogen) atoms. The lowest BCUT2D eigenvalue weighted by molar-refractivity contribution is 0.0914. The molecule has 5 aromatic rings. The Hall–Kier alpha value is -5.26. The van der Waals surface area contributed by atoms with Gasteiger partial charge in [0.05, 0.1) is 16.0 Å².